The van der Waals surface area contributed by atoms with Crippen LogP contribution in [0.4, 0.5) is 0 Å². The second kappa shape index (κ2) is 6.95. The van der Waals surface area contributed by atoms with E-state index in [9.17, 15) is 4.57 Å². The molecule has 3 aromatic carbocycles. The van der Waals surface area contributed by atoms with E-state index >= 15 is 0 Å². The first-order chi connectivity index (χ1) is 11.2. The molecule has 0 aliphatic heterocycles. The Labute approximate surface area is 137 Å². The van der Waals surface area contributed by atoms with Crippen molar-refractivity contribution in [3.8, 4) is 0 Å². The monoisotopic (exact) mass is 322 g/mol. The molecule has 0 aromatic heterocycles. The number of benzene rings is 3. The predicted molar refractivity (Wildman–Crippen MR) is 95.7 cm³/mol. The first kappa shape index (κ1) is 15.7. The summed E-state index contributed by atoms with van der Waals surface area (Å²) in [4.78, 5) is 0. The molecule has 1 atom stereocenters. The van der Waals surface area contributed by atoms with Gasteiger partial charge in [-0.05, 0) is 36.8 Å². The highest BCUT2D eigenvalue weighted by Gasteiger charge is 2.30. The normalized spacial score (nSPS) is 12.7. The summed E-state index contributed by atoms with van der Waals surface area (Å²) in [6.07, 6.45) is -0.262. The molecule has 0 amide bonds. The van der Waals surface area contributed by atoms with Crippen molar-refractivity contribution in [2.75, 3.05) is 0 Å². The average molecular weight is 322 g/mol. The van der Waals surface area contributed by atoms with Crippen LogP contribution in [0.5, 0.6) is 0 Å². The third-order valence-electron chi connectivity index (χ3n) is 3.77. The van der Waals surface area contributed by atoms with Crippen molar-refractivity contribution in [3.05, 3.63) is 96.6 Å². The van der Waals surface area contributed by atoms with Gasteiger partial charge in [0.25, 0.3) is 7.37 Å². The SMILES string of the molecule is C[C@H](OP(=O)(c1ccccc1)c1ccccc1)c1ccccc1. The van der Waals surface area contributed by atoms with Crippen LogP contribution in [0.3, 0.4) is 0 Å². The van der Waals surface area contributed by atoms with Crippen LogP contribution >= 0.6 is 7.37 Å². The second-order valence-corrected chi connectivity index (χ2v) is 7.73. The largest absolute Gasteiger partial charge is 0.314 e. The quantitative estimate of drug-likeness (QED) is 0.637. The van der Waals surface area contributed by atoms with Gasteiger partial charge in [-0.15, -0.1) is 0 Å². The number of hydrogen-bond acceptors (Lipinski definition) is 2. The fourth-order valence-electron chi connectivity index (χ4n) is 2.53. The van der Waals surface area contributed by atoms with Gasteiger partial charge in [-0.1, -0.05) is 66.7 Å². The molecule has 2 nitrogen and oxygen atoms in total. The summed E-state index contributed by atoms with van der Waals surface area (Å²) in [5.74, 6) is 0. The molecule has 0 unspecified atom stereocenters. The fraction of sp³-hybridized carbons (Fsp3) is 0.100. The minimum Gasteiger partial charge on any atom is -0.314 e. The molecular weight excluding hydrogens is 303 g/mol. The lowest BCUT2D eigenvalue weighted by Crippen LogP contribution is -2.19. The van der Waals surface area contributed by atoms with E-state index in [1.807, 2.05) is 97.9 Å². The molecule has 0 spiro atoms. The third-order valence-corrected chi connectivity index (χ3v) is 6.34. The Balaban J connectivity index is 2.02. The van der Waals surface area contributed by atoms with Gasteiger partial charge >= 0.3 is 0 Å². The molecule has 0 bridgehead atoms. The number of rotatable bonds is 5. The summed E-state index contributed by atoms with van der Waals surface area (Å²) in [5.41, 5.74) is 1.01. The highest BCUT2D eigenvalue weighted by atomic mass is 31.2. The molecule has 3 rings (SSSR count). The summed E-state index contributed by atoms with van der Waals surface area (Å²) >= 11 is 0. The Kier molecular flexibility index (Phi) is 4.76. The molecule has 0 saturated carbocycles. The van der Waals surface area contributed by atoms with Gasteiger partial charge < -0.3 is 4.52 Å². The summed E-state index contributed by atoms with van der Waals surface area (Å²) in [5, 5.41) is 1.43. The van der Waals surface area contributed by atoms with E-state index in [1.54, 1.807) is 0 Å². The van der Waals surface area contributed by atoms with Crippen molar-refractivity contribution >= 4 is 18.0 Å². The first-order valence-electron chi connectivity index (χ1n) is 7.65. The van der Waals surface area contributed by atoms with Crippen LogP contribution in [-0.4, -0.2) is 0 Å². The maximum atomic E-state index is 13.8. The summed E-state index contributed by atoms with van der Waals surface area (Å²) in [7, 11) is -3.15. The maximum Gasteiger partial charge on any atom is 0.261 e. The van der Waals surface area contributed by atoms with Crippen molar-refractivity contribution in [2.45, 2.75) is 13.0 Å². The Morgan fingerprint density at radius 2 is 1.09 bits per heavy atom. The lowest BCUT2D eigenvalue weighted by Gasteiger charge is -2.24. The minimum atomic E-state index is -3.15. The number of hydrogen-bond donors (Lipinski definition) is 0. The summed E-state index contributed by atoms with van der Waals surface area (Å²) < 4.78 is 19.9. The van der Waals surface area contributed by atoms with E-state index in [4.69, 9.17) is 4.52 Å². The topological polar surface area (TPSA) is 26.3 Å². The van der Waals surface area contributed by atoms with Crippen LogP contribution in [0.15, 0.2) is 91.0 Å². The van der Waals surface area contributed by atoms with Crippen molar-refractivity contribution in [1.82, 2.24) is 0 Å². The Bertz CT molecular complexity index is 742. The van der Waals surface area contributed by atoms with E-state index in [1.165, 1.54) is 0 Å². The summed E-state index contributed by atoms with van der Waals surface area (Å²) in [6.45, 7) is 1.94. The van der Waals surface area contributed by atoms with E-state index in [2.05, 4.69) is 0 Å². The lowest BCUT2D eigenvalue weighted by atomic mass is 10.1. The second-order valence-electron chi connectivity index (χ2n) is 5.38. The predicted octanol–water partition coefficient (Wildman–Crippen LogP) is 4.69. The van der Waals surface area contributed by atoms with Crippen LogP contribution < -0.4 is 10.6 Å². The average Bonchev–Trinajstić information content (AvgIpc) is 2.64. The van der Waals surface area contributed by atoms with Crippen molar-refractivity contribution in [1.29, 1.82) is 0 Å². The molecule has 0 N–H and O–H groups in total. The summed E-state index contributed by atoms with van der Waals surface area (Å²) in [6, 6.07) is 28.7. The van der Waals surface area contributed by atoms with Gasteiger partial charge in [-0.2, -0.15) is 0 Å². The van der Waals surface area contributed by atoms with Gasteiger partial charge in [-0.3, -0.25) is 4.57 Å². The van der Waals surface area contributed by atoms with E-state index < -0.39 is 7.37 Å². The third kappa shape index (κ3) is 3.44. The van der Waals surface area contributed by atoms with Gasteiger partial charge in [0.2, 0.25) is 0 Å². The van der Waals surface area contributed by atoms with Gasteiger partial charge in [0.05, 0.1) is 6.10 Å². The maximum absolute atomic E-state index is 13.8. The van der Waals surface area contributed by atoms with Crippen molar-refractivity contribution < 1.29 is 9.09 Å². The van der Waals surface area contributed by atoms with Gasteiger partial charge in [-0.25, -0.2) is 0 Å². The van der Waals surface area contributed by atoms with E-state index in [0.29, 0.717) is 10.6 Å². The van der Waals surface area contributed by atoms with Gasteiger partial charge in [0.15, 0.2) is 0 Å². The molecule has 0 aliphatic rings. The van der Waals surface area contributed by atoms with Crippen LogP contribution in [0.25, 0.3) is 0 Å². The zero-order valence-electron chi connectivity index (χ0n) is 13.0. The van der Waals surface area contributed by atoms with Crippen LogP contribution in [0.1, 0.15) is 18.6 Å². The zero-order valence-corrected chi connectivity index (χ0v) is 13.9. The van der Waals surface area contributed by atoms with E-state index in [0.717, 1.165) is 5.56 Å². The molecule has 116 valence electrons. The van der Waals surface area contributed by atoms with Crippen LogP contribution in [0.2, 0.25) is 0 Å². The zero-order chi connectivity index (χ0) is 16.1. The molecule has 0 radical (unpaired) electrons. The molecule has 0 heterocycles. The molecule has 23 heavy (non-hydrogen) atoms. The fourth-order valence-corrected chi connectivity index (χ4v) is 4.76. The van der Waals surface area contributed by atoms with Crippen LogP contribution in [0, 0.1) is 0 Å². The molecule has 0 saturated heterocycles. The van der Waals surface area contributed by atoms with Gasteiger partial charge in [0.1, 0.15) is 0 Å². The lowest BCUT2D eigenvalue weighted by molar-refractivity contribution is 0.238. The Hall–Kier alpha value is -2.15. The molecule has 0 fully saturated rings. The highest BCUT2D eigenvalue weighted by molar-refractivity contribution is 7.74. The highest BCUT2D eigenvalue weighted by Crippen LogP contribution is 2.48. The van der Waals surface area contributed by atoms with Gasteiger partial charge in [0, 0.05) is 10.6 Å². The molecule has 3 aromatic rings. The first-order valence-corrected chi connectivity index (χ1v) is 9.27. The molecule has 3 heteroatoms. The standard InChI is InChI=1S/C20H19O2P/c1-17(18-11-5-2-6-12-18)22-23(21,19-13-7-3-8-14-19)20-15-9-4-10-16-20/h2-17H,1H3/t17-/m0/s1. The smallest absolute Gasteiger partial charge is 0.261 e. The van der Waals surface area contributed by atoms with Crippen molar-refractivity contribution in [3.63, 3.8) is 0 Å². The Morgan fingerprint density at radius 1 is 0.696 bits per heavy atom. The van der Waals surface area contributed by atoms with Crippen LogP contribution in [-0.2, 0) is 9.09 Å². The minimum absolute atomic E-state index is 0.262. The molecule has 0 aliphatic carbocycles. The van der Waals surface area contributed by atoms with E-state index in [-0.39, 0.29) is 6.10 Å². The molecular formula is C20H19O2P. The Morgan fingerprint density at radius 3 is 1.52 bits per heavy atom. The van der Waals surface area contributed by atoms with Crippen molar-refractivity contribution in [2.24, 2.45) is 0 Å².